The molecule has 0 aromatic carbocycles. The maximum absolute atomic E-state index is 11.3. The molecule has 0 radical (unpaired) electrons. The number of nitrogens with zero attached hydrogens (tertiary/aromatic N) is 2. The quantitative estimate of drug-likeness (QED) is 0.384. The van der Waals surface area contributed by atoms with Crippen LogP contribution in [0.2, 0.25) is 0 Å². The van der Waals surface area contributed by atoms with Gasteiger partial charge in [0.1, 0.15) is 0 Å². The zero-order valence-corrected chi connectivity index (χ0v) is 12.4. The Kier molecular flexibility index (Phi) is 4.87. The van der Waals surface area contributed by atoms with E-state index in [-0.39, 0.29) is 5.91 Å². The van der Waals surface area contributed by atoms with Gasteiger partial charge in [-0.1, -0.05) is 31.0 Å². The first-order valence-electron chi connectivity index (χ1n) is 6.81. The van der Waals surface area contributed by atoms with Crippen LogP contribution >= 0.6 is 11.8 Å². The second-order valence-corrected chi connectivity index (χ2v) is 6.03. The van der Waals surface area contributed by atoms with Crippen LogP contribution in [-0.2, 0) is 4.79 Å². The summed E-state index contributed by atoms with van der Waals surface area (Å²) in [6.45, 7) is 4.14. The van der Waals surface area contributed by atoms with Gasteiger partial charge >= 0.3 is 0 Å². The molecule has 3 N–H and O–H groups in total. The number of hydrazine groups is 1. The van der Waals surface area contributed by atoms with Gasteiger partial charge in [0, 0.05) is 11.7 Å². The fraction of sp³-hybridized carbons (Fsp3) is 0.692. The number of aryl methyl sites for hydroxylation is 1. The summed E-state index contributed by atoms with van der Waals surface area (Å²) in [6, 6.07) is 0.540. The van der Waals surface area contributed by atoms with Crippen molar-refractivity contribution >= 4 is 17.7 Å². The van der Waals surface area contributed by atoms with Gasteiger partial charge < -0.3 is 4.57 Å². The van der Waals surface area contributed by atoms with E-state index in [2.05, 4.69) is 21.9 Å². The molecule has 0 saturated heterocycles. The third-order valence-corrected chi connectivity index (χ3v) is 4.74. The summed E-state index contributed by atoms with van der Waals surface area (Å²) in [7, 11) is 0. The minimum Gasteiger partial charge on any atom is -0.320 e. The SMILES string of the molecule is Cc1nc(SCC(=O)NN)n(C2CCCCC2)c1C. The molecule has 1 saturated carbocycles. The first kappa shape index (κ1) is 14.4. The predicted molar refractivity (Wildman–Crippen MR) is 76.9 cm³/mol. The second kappa shape index (κ2) is 6.43. The predicted octanol–water partition coefficient (Wildman–Crippen LogP) is 2.09. The summed E-state index contributed by atoms with van der Waals surface area (Å²) in [5, 5.41) is 0.950. The zero-order valence-electron chi connectivity index (χ0n) is 11.6. The van der Waals surface area contributed by atoms with Crippen molar-refractivity contribution in [2.45, 2.75) is 57.1 Å². The van der Waals surface area contributed by atoms with Crippen LogP contribution < -0.4 is 11.3 Å². The minimum absolute atomic E-state index is 0.168. The van der Waals surface area contributed by atoms with Crippen molar-refractivity contribution in [3.05, 3.63) is 11.4 Å². The molecule has 0 bridgehead atoms. The lowest BCUT2D eigenvalue weighted by atomic mass is 9.95. The van der Waals surface area contributed by atoms with Crippen molar-refractivity contribution < 1.29 is 4.79 Å². The lowest BCUT2D eigenvalue weighted by Crippen LogP contribution is -2.31. The van der Waals surface area contributed by atoms with E-state index in [0.717, 1.165) is 10.9 Å². The number of thioether (sulfide) groups is 1. The van der Waals surface area contributed by atoms with E-state index >= 15 is 0 Å². The maximum Gasteiger partial charge on any atom is 0.244 e. The van der Waals surface area contributed by atoms with Crippen LogP contribution in [-0.4, -0.2) is 21.2 Å². The van der Waals surface area contributed by atoms with Crippen molar-refractivity contribution in [3.8, 4) is 0 Å². The maximum atomic E-state index is 11.3. The monoisotopic (exact) mass is 282 g/mol. The molecule has 1 heterocycles. The number of amides is 1. The Labute approximate surface area is 118 Å². The smallest absolute Gasteiger partial charge is 0.244 e. The molecule has 0 unspecified atom stereocenters. The summed E-state index contributed by atoms with van der Waals surface area (Å²) in [5.74, 6) is 5.26. The molecule has 0 spiro atoms. The summed E-state index contributed by atoms with van der Waals surface area (Å²) in [4.78, 5) is 15.9. The van der Waals surface area contributed by atoms with Gasteiger partial charge in [0.25, 0.3) is 0 Å². The van der Waals surface area contributed by atoms with Crippen LogP contribution in [0.4, 0.5) is 0 Å². The normalized spacial score (nSPS) is 16.6. The molecule has 0 atom stereocenters. The summed E-state index contributed by atoms with van der Waals surface area (Å²) in [5.41, 5.74) is 4.44. The molecular weight excluding hydrogens is 260 g/mol. The number of imidazole rings is 1. The van der Waals surface area contributed by atoms with Gasteiger partial charge in [0.05, 0.1) is 11.4 Å². The van der Waals surface area contributed by atoms with Gasteiger partial charge in [-0.2, -0.15) is 0 Å². The molecule has 2 rings (SSSR count). The van der Waals surface area contributed by atoms with E-state index < -0.39 is 0 Å². The van der Waals surface area contributed by atoms with Crippen molar-refractivity contribution in [1.29, 1.82) is 0 Å². The average molecular weight is 282 g/mol. The Morgan fingerprint density at radius 3 is 2.74 bits per heavy atom. The Balaban J connectivity index is 2.17. The highest BCUT2D eigenvalue weighted by molar-refractivity contribution is 7.99. The lowest BCUT2D eigenvalue weighted by molar-refractivity contribution is -0.118. The molecule has 6 heteroatoms. The number of hydrogen-bond donors (Lipinski definition) is 2. The lowest BCUT2D eigenvalue weighted by Gasteiger charge is -2.25. The van der Waals surface area contributed by atoms with Gasteiger partial charge in [-0.25, -0.2) is 10.8 Å². The number of carbonyl (C=O) groups is 1. The van der Waals surface area contributed by atoms with Gasteiger partial charge in [-0.05, 0) is 26.7 Å². The topological polar surface area (TPSA) is 72.9 Å². The summed E-state index contributed by atoms with van der Waals surface area (Å²) >= 11 is 1.47. The van der Waals surface area contributed by atoms with Crippen LogP contribution in [0.3, 0.4) is 0 Å². The van der Waals surface area contributed by atoms with E-state index in [9.17, 15) is 4.79 Å². The Morgan fingerprint density at radius 2 is 2.11 bits per heavy atom. The van der Waals surface area contributed by atoms with E-state index in [0.29, 0.717) is 11.8 Å². The standard InChI is InChI=1S/C13H22N4OS/c1-9-10(2)17(11-6-4-3-5-7-11)13(15-9)19-8-12(18)16-14/h11H,3-8,14H2,1-2H3,(H,16,18). The average Bonchev–Trinajstić information content (AvgIpc) is 2.72. The third-order valence-electron chi connectivity index (χ3n) is 3.79. The molecule has 1 aromatic heterocycles. The van der Waals surface area contributed by atoms with E-state index in [1.54, 1.807) is 0 Å². The van der Waals surface area contributed by atoms with Crippen molar-refractivity contribution in [1.82, 2.24) is 15.0 Å². The molecule has 1 aromatic rings. The third kappa shape index (κ3) is 3.30. The fourth-order valence-corrected chi connectivity index (χ4v) is 3.61. The zero-order chi connectivity index (χ0) is 13.8. The molecule has 19 heavy (non-hydrogen) atoms. The minimum atomic E-state index is -0.168. The molecule has 5 nitrogen and oxygen atoms in total. The molecule has 1 aliphatic carbocycles. The fourth-order valence-electron chi connectivity index (χ4n) is 2.64. The summed E-state index contributed by atoms with van der Waals surface area (Å²) < 4.78 is 2.32. The highest BCUT2D eigenvalue weighted by Gasteiger charge is 2.22. The van der Waals surface area contributed by atoms with Gasteiger partial charge in [0.15, 0.2) is 5.16 Å². The van der Waals surface area contributed by atoms with E-state index in [1.807, 2.05) is 6.92 Å². The van der Waals surface area contributed by atoms with Crippen LogP contribution in [0.15, 0.2) is 5.16 Å². The molecule has 0 aliphatic heterocycles. The molecule has 1 fully saturated rings. The molecule has 106 valence electrons. The number of rotatable bonds is 4. The first-order chi connectivity index (χ1) is 9.13. The summed E-state index contributed by atoms with van der Waals surface area (Å²) in [6.07, 6.45) is 6.34. The Hall–Kier alpha value is -1.01. The molecule has 1 aliphatic rings. The van der Waals surface area contributed by atoms with Gasteiger partial charge in [0.2, 0.25) is 5.91 Å². The first-order valence-corrected chi connectivity index (χ1v) is 7.79. The van der Waals surface area contributed by atoms with Crippen LogP contribution in [0.1, 0.15) is 49.5 Å². The Bertz CT molecular complexity index is 452. The number of nitrogens with two attached hydrogens (primary N) is 1. The Morgan fingerprint density at radius 1 is 1.42 bits per heavy atom. The van der Waals surface area contributed by atoms with Gasteiger partial charge in [-0.15, -0.1) is 0 Å². The van der Waals surface area contributed by atoms with E-state index in [1.165, 1.54) is 49.6 Å². The van der Waals surface area contributed by atoms with Crippen molar-refractivity contribution in [3.63, 3.8) is 0 Å². The number of carbonyl (C=O) groups excluding carboxylic acids is 1. The van der Waals surface area contributed by atoms with Crippen molar-refractivity contribution in [2.75, 3.05) is 5.75 Å². The number of nitrogens with one attached hydrogen (secondary N) is 1. The highest BCUT2D eigenvalue weighted by atomic mass is 32.2. The molecule has 1 amide bonds. The van der Waals surface area contributed by atoms with E-state index in [4.69, 9.17) is 5.84 Å². The number of aromatic nitrogens is 2. The van der Waals surface area contributed by atoms with Crippen LogP contribution in [0, 0.1) is 13.8 Å². The van der Waals surface area contributed by atoms with Gasteiger partial charge in [-0.3, -0.25) is 10.2 Å². The number of hydrogen-bond acceptors (Lipinski definition) is 4. The van der Waals surface area contributed by atoms with Crippen molar-refractivity contribution in [2.24, 2.45) is 5.84 Å². The highest BCUT2D eigenvalue weighted by Crippen LogP contribution is 2.34. The second-order valence-electron chi connectivity index (χ2n) is 5.08. The molecular formula is C13H22N4OS. The van der Waals surface area contributed by atoms with Crippen LogP contribution in [0.25, 0.3) is 0 Å². The van der Waals surface area contributed by atoms with Crippen LogP contribution in [0.5, 0.6) is 0 Å². The largest absolute Gasteiger partial charge is 0.320 e.